The van der Waals surface area contributed by atoms with Crippen molar-refractivity contribution in [2.45, 2.75) is 31.7 Å². The van der Waals surface area contributed by atoms with Gasteiger partial charge in [0.1, 0.15) is 5.82 Å². The van der Waals surface area contributed by atoms with Crippen molar-refractivity contribution in [1.82, 2.24) is 14.7 Å². The van der Waals surface area contributed by atoms with Crippen LogP contribution in [0.4, 0.5) is 5.82 Å². The predicted octanol–water partition coefficient (Wildman–Crippen LogP) is 2.23. The Labute approximate surface area is 147 Å². The second-order valence-corrected chi connectivity index (χ2v) is 6.66. The molecule has 0 aliphatic heterocycles. The first-order chi connectivity index (χ1) is 12.1. The standard InChI is InChI=1S/C19H24N4O2/c1-22(19(25)18(24)21-17-11-12-20-23(17)2)16-10-6-9-15(16)13-14-7-4-3-5-8-14/h3-5,7-8,11-12,15-16H,6,9-10,13H2,1-2H3,(H,21,24). The summed E-state index contributed by atoms with van der Waals surface area (Å²) < 4.78 is 1.53. The molecule has 1 aliphatic rings. The van der Waals surface area contributed by atoms with Gasteiger partial charge in [-0.3, -0.25) is 14.3 Å². The van der Waals surface area contributed by atoms with Gasteiger partial charge in [-0.1, -0.05) is 36.8 Å². The molecule has 6 heteroatoms. The summed E-state index contributed by atoms with van der Waals surface area (Å²) >= 11 is 0. The third-order valence-electron chi connectivity index (χ3n) is 5.03. The third-order valence-corrected chi connectivity index (χ3v) is 5.03. The molecule has 1 aliphatic carbocycles. The molecule has 2 amide bonds. The molecule has 0 bridgehead atoms. The number of hydrogen-bond donors (Lipinski definition) is 1. The highest BCUT2D eigenvalue weighted by molar-refractivity contribution is 6.39. The molecule has 2 atom stereocenters. The lowest BCUT2D eigenvalue weighted by atomic mass is 9.94. The quantitative estimate of drug-likeness (QED) is 0.868. The van der Waals surface area contributed by atoms with Gasteiger partial charge < -0.3 is 10.2 Å². The van der Waals surface area contributed by atoms with E-state index in [0.717, 1.165) is 25.7 Å². The summed E-state index contributed by atoms with van der Waals surface area (Å²) in [7, 11) is 3.45. The van der Waals surface area contributed by atoms with E-state index in [0.29, 0.717) is 11.7 Å². The van der Waals surface area contributed by atoms with Crippen LogP contribution in [0.5, 0.6) is 0 Å². The highest BCUT2D eigenvalue weighted by Gasteiger charge is 2.34. The Kier molecular flexibility index (Phi) is 5.16. The number of anilines is 1. The summed E-state index contributed by atoms with van der Waals surface area (Å²) in [6.07, 6.45) is 5.63. The van der Waals surface area contributed by atoms with Crippen LogP contribution in [0.3, 0.4) is 0 Å². The summed E-state index contributed by atoms with van der Waals surface area (Å²) in [6.45, 7) is 0. The Hall–Kier alpha value is -2.63. The van der Waals surface area contributed by atoms with Crippen molar-refractivity contribution in [1.29, 1.82) is 0 Å². The molecule has 25 heavy (non-hydrogen) atoms. The van der Waals surface area contributed by atoms with Crippen molar-refractivity contribution in [2.24, 2.45) is 13.0 Å². The van der Waals surface area contributed by atoms with Crippen LogP contribution in [0.2, 0.25) is 0 Å². The van der Waals surface area contributed by atoms with Gasteiger partial charge in [0.15, 0.2) is 0 Å². The van der Waals surface area contributed by atoms with E-state index >= 15 is 0 Å². The lowest BCUT2D eigenvalue weighted by molar-refractivity contribution is -0.144. The number of carbonyl (C=O) groups excluding carboxylic acids is 2. The fraction of sp³-hybridized carbons (Fsp3) is 0.421. The van der Waals surface area contributed by atoms with Crippen molar-refractivity contribution >= 4 is 17.6 Å². The maximum Gasteiger partial charge on any atom is 0.315 e. The Morgan fingerprint density at radius 2 is 2.00 bits per heavy atom. The summed E-state index contributed by atoms with van der Waals surface area (Å²) in [5, 5.41) is 6.62. The van der Waals surface area contributed by atoms with Gasteiger partial charge >= 0.3 is 11.8 Å². The smallest absolute Gasteiger partial charge is 0.315 e. The number of aryl methyl sites for hydroxylation is 1. The van der Waals surface area contributed by atoms with Crippen molar-refractivity contribution in [3.8, 4) is 0 Å². The SMILES string of the molecule is CN(C(=O)C(=O)Nc1ccnn1C)C1CCCC1Cc1ccccc1. The van der Waals surface area contributed by atoms with Crippen molar-refractivity contribution in [3.05, 3.63) is 48.2 Å². The van der Waals surface area contributed by atoms with E-state index in [4.69, 9.17) is 0 Å². The molecule has 6 nitrogen and oxygen atoms in total. The predicted molar refractivity (Wildman–Crippen MR) is 95.9 cm³/mol. The molecule has 0 saturated heterocycles. The summed E-state index contributed by atoms with van der Waals surface area (Å²) in [6, 6.07) is 12.1. The number of nitrogens with zero attached hydrogens (tertiary/aromatic N) is 3. The molecule has 1 N–H and O–H groups in total. The monoisotopic (exact) mass is 340 g/mol. The number of hydrogen-bond acceptors (Lipinski definition) is 3. The van der Waals surface area contributed by atoms with Gasteiger partial charge in [-0.2, -0.15) is 5.10 Å². The minimum Gasteiger partial charge on any atom is -0.334 e. The minimum absolute atomic E-state index is 0.102. The van der Waals surface area contributed by atoms with E-state index in [9.17, 15) is 9.59 Å². The number of amides is 2. The van der Waals surface area contributed by atoms with Gasteiger partial charge in [0.05, 0.1) is 6.20 Å². The molecule has 0 radical (unpaired) electrons. The van der Waals surface area contributed by atoms with Crippen LogP contribution in [0.25, 0.3) is 0 Å². The fourth-order valence-electron chi connectivity index (χ4n) is 3.66. The van der Waals surface area contributed by atoms with Gasteiger partial charge in [0, 0.05) is 26.2 Å². The van der Waals surface area contributed by atoms with E-state index in [2.05, 4.69) is 22.5 Å². The van der Waals surface area contributed by atoms with E-state index < -0.39 is 11.8 Å². The van der Waals surface area contributed by atoms with Crippen molar-refractivity contribution in [2.75, 3.05) is 12.4 Å². The van der Waals surface area contributed by atoms with Crippen LogP contribution >= 0.6 is 0 Å². The lowest BCUT2D eigenvalue weighted by Crippen LogP contribution is -2.45. The van der Waals surface area contributed by atoms with Crippen molar-refractivity contribution < 1.29 is 9.59 Å². The largest absolute Gasteiger partial charge is 0.334 e. The third kappa shape index (κ3) is 3.90. The van der Waals surface area contributed by atoms with E-state index in [1.807, 2.05) is 18.2 Å². The molecule has 1 fully saturated rings. The molecular weight excluding hydrogens is 316 g/mol. The van der Waals surface area contributed by atoms with Crippen LogP contribution in [0.1, 0.15) is 24.8 Å². The number of likely N-dealkylation sites (N-methyl/N-ethyl adjacent to an activating group) is 1. The molecule has 3 rings (SSSR count). The molecule has 1 saturated carbocycles. The Bertz CT molecular complexity index is 741. The first-order valence-electron chi connectivity index (χ1n) is 8.66. The summed E-state index contributed by atoms with van der Waals surface area (Å²) in [5.74, 6) is -0.206. The van der Waals surface area contributed by atoms with Crippen LogP contribution in [-0.2, 0) is 23.1 Å². The maximum absolute atomic E-state index is 12.5. The average molecular weight is 340 g/mol. The highest BCUT2D eigenvalue weighted by Crippen LogP contribution is 2.32. The molecular formula is C19H24N4O2. The Morgan fingerprint density at radius 1 is 1.24 bits per heavy atom. The number of rotatable bonds is 4. The van der Waals surface area contributed by atoms with E-state index in [1.165, 1.54) is 10.2 Å². The zero-order chi connectivity index (χ0) is 17.8. The fourth-order valence-corrected chi connectivity index (χ4v) is 3.66. The van der Waals surface area contributed by atoms with Crippen LogP contribution < -0.4 is 5.32 Å². The minimum atomic E-state index is -0.614. The molecule has 1 aromatic carbocycles. The van der Waals surface area contributed by atoms with Gasteiger partial charge in [-0.05, 0) is 30.7 Å². The average Bonchev–Trinajstić information content (AvgIpc) is 3.24. The van der Waals surface area contributed by atoms with Gasteiger partial charge in [-0.25, -0.2) is 0 Å². The molecule has 2 aromatic rings. The van der Waals surface area contributed by atoms with Crippen LogP contribution in [0, 0.1) is 5.92 Å². The van der Waals surface area contributed by atoms with Crippen LogP contribution in [-0.4, -0.2) is 39.6 Å². The molecule has 1 heterocycles. The second kappa shape index (κ2) is 7.51. The van der Waals surface area contributed by atoms with Gasteiger partial charge in [-0.15, -0.1) is 0 Å². The number of nitrogens with one attached hydrogen (secondary N) is 1. The molecule has 2 unspecified atom stereocenters. The lowest BCUT2D eigenvalue weighted by Gasteiger charge is -2.29. The first-order valence-corrected chi connectivity index (χ1v) is 8.66. The number of carbonyl (C=O) groups is 2. The molecule has 0 spiro atoms. The van der Waals surface area contributed by atoms with E-state index in [1.54, 1.807) is 31.3 Å². The van der Waals surface area contributed by atoms with Gasteiger partial charge in [0.25, 0.3) is 0 Å². The van der Waals surface area contributed by atoms with E-state index in [-0.39, 0.29) is 6.04 Å². The molecule has 132 valence electrons. The molecule has 1 aromatic heterocycles. The van der Waals surface area contributed by atoms with Crippen LogP contribution in [0.15, 0.2) is 42.6 Å². The first kappa shape index (κ1) is 17.2. The zero-order valence-corrected chi connectivity index (χ0v) is 14.7. The summed E-state index contributed by atoms with van der Waals surface area (Å²) in [5.41, 5.74) is 1.28. The Morgan fingerprint density at radius 3 is 2.68 bits per heavy atom. The number of aromatic nitrogens is 2. The topological polar surface area (TPSA) is 67.2 Å². The summed E-state index contributed by atoms with van der Waals surface area (Å²) in [4.78, 5) is 26.4. The van der Waals surface area contributed by atoms with Gasteiger partial charge in [0.2, 0.25) is 0 Å². The zero-order valence-electron chi connectivity index (χ0n) is 14.7. The van der Waals surface area contributed by atoms with Crippen molar-refractivity contribution in [3.63, 3.8) is 0 Å². The highest BCUT2D eigenvalue weighted by atomic mass is 16.2. The normalized spacial score (nSPS) is 19.6. The Balaban J connectivity index is 1.64. The number of benzene rings is 1. The second-order valence-electron chi connectivity index (χ2n) is 6.66. The maximum atomic E-state index is 12.5.